The van der Waals surface area contributed by atoms with E-state index in [0.29, 0.717) is 0 Å². The van der Waals surface area contributed by atoms with E-state index in [2.05, 4.69) is 10.3 Å². The smallest absolute Gasteiger partial charge is 0.130 e. The highest BCUT2D eigenvalue weighted by atomic mass is 16.3. The van der Waals surface area contributed by atoms with E-state index in [-0.39, 0.29) is 6.10 Å². The third-order valence-electron chi connectivity index (χ3n) is 2.37. The first-order valence-corrected chi connectivity index (χ1v) is 5.73. The number of nitrogens with zero attached hydrogens (tertiary/aromatic N) is 2. The molecule has 4 nitrogen and oxygen atoms in total. The zero-order valence-electron chi connectivity index (χ0n) is 10.3. The average molecular weight is 223 g/mol. The molecule has 1 rings (SSSR count). The monoisotopic (exact) mass is 223 g/mol. The normalized spacial score (nSPS) is 12.2. The molecule has 0 aliphatic rings. The first-order chi connectivity index (χ1) is 7.63. The molecule has 0 aliphatic heterocycles. The summed E-state index contributed by atoms with van der Waals surface area (Å²) in [5.41, 5.74) is 0. The second kappa shape index (κ2) is 6.33. The largest absolute Gasteiger partial charge is 0.393 e. The summed E-state index contributed by atoms with van der Waals surface area (Å²) in [6, 6.07) is 5.91. The van der Waals surface area contributed by atoms with Crippen LogP contribution < -0.4 is 10.2 Å². The molecule has 1 aromatic rings. The van der Waals surface area contributed by atoms with Gasteiger partial charge in [-0.15, -0.1) is 0 Å². The van der Waals surface area contributed by atoms with Gasteiger partial charge in [-0.1, -0.05) is 6.07 Å². The van der Waals surface area contributed by atoms with Crippen LogP contribution in [0.25, 0.3) is 0 Å². The summed E-state index contributed by atoms with van der Waals surface area (Å²) in [7, 11) is 1.99. The van der Waals surface area contributed by atoms with Crippen molar-refractivity contribution in [2.75, 3.05) is 30.4 Å². The van der Waals surface area contributed by atoms with E-state index in [9.17, 15) is 5.11 Å². The Labute approximate surface area is 97.3 Å². The van der Waals surface area contributed by atoms with Crippen LogP contribution in [0.1, 0.15) is 20.3 Å². The summed E-state index contributed by atoms with van der Waals surface area (Å²) in [4.78, 5) is 6.52. The van der Waals surface area contributed by atoms with Gasteiger partial charge in [-0.2, -0.15) is 0 Å². The fraction of sp³-hybridized carbons (Fsp3) is 0.583. The van der Waals surface area contributed by atoms with Crippen molar-refractivity contribution in [3.05, 3.63) is 18.2 Å². The van der Waals surface area contributed by atoms with Gasteiger partial charge in [0, 0.05) is 20.1 Å². The molecule has 0 aromatic carbocycles. The minimum Gasteiger partial charge on any atom is -0.393 e. The molecular formula is C12H21N3O. The molecule has 1 unspecified atom stereocenters. The van der Waals surface area contributed by atoms with Crippen LogP contribution in [0.15, 0.2) is 18.2 Å². The first-order valence-electron chi connectivity index (χ1n) is 5.73. The van der Waals surface area contributed by atoms with Crippen LogP contribution in [0.5, 0.6) is 0 Å². The standard InChI is InChI=1S/C12H21N3O/c1-4-13-11-6-5-7-12(14-11)15(3)9-8-10(2)16/h5-7,10,16H,4,8-9H2,1-3H3,(H,13,14). The first kappa shape index (κ1) is 12.8. The number of hydrogen-bond acceptors (Lipinski definition) is 4. The zero-order valence-corrected chi connectivity index (χ0v) is 10.3. The Morgan fingerprint density at radius 2 is 2.25 bits per heavy atom. The highest BCUT2D eigenvalue weighted by Gasteiger charge is 2.04. The molecule has 1 atom stereocenters. The summed E-state index contributed by atoms with van der Waals surface area (Å²) in [6.07, 6.45) is 0.489. The van der Waals surface area contributed by atoms with E-state index >= 15 is 0 Å². The number of rotatable bonds is 6. The Kier molecular flexibility index (Phi) is 5.05. The Morgan fingerprint density at radius 3 is 2.88 bits per heavy atom. The van der Waals surface area contributed by atoms with E-state index in [4.69, 9.17) is 0 Å². The Balaban J connectivity index is 2.60. The topological polar surface area (TPSA) is 48.4 Å². The number of aliphatic hydroxyl groups is 1. The Bertz CT molecular complexity index is 315. The maximum absolute atomic E-state index is 9.23. The fourth-order valence-electron chi connectivity index (χ4n) is 1.41. The maximum Gasteiger partial charge on any atom is 0.130 e. The molecule has 0 spiro atoms. The lowest BCUT2D eigenvalue weighted by atomic mass is 10.3. The van der Waals surface area contributed by atoms with Gasteiger partial charge in [-0.3, -0.25) is 0 Å². The molecule has 0 saturated carbocycles. The SMILES string of the molecule is CCNc1cccc(N(C)CCC(C)O)n1. The van der Waals surface area contributed by atoms with Crippen molar-refractivity contribution in [2.45, 2.75) is 26.4 Å². The number of nitrogens with one attached hydrogen (secondary N) is 1. The van der Waals surface area contributed by atoms with E-state index in [1.54, 1.807) is 6.92 Å². The van der Waals surface area contributed by atoms with Crippen molar-refractivity contribution < 1.29 is 5.11 Å². The highest BCUT2D eigenvalue weighted by Crippen LogP contribution is 2.13. The lowest BCUT2D eigenvalue weighted by Crippen LogP contribution is -2.22. The summed E-state index contributed by atoms with van der Waals surface area (Å²) in [5.74, 6) is 1.82. The predicted octanol–water partition coefficient (Wildman–Crippen LogP) is 1.72. The van der Waals surface area contributed by atoms with Gasteiger partial charge in [0.2, 0.25) is 0 Å². The number of pyridine rings is 1. The number of aromatic nitrogens is 1. The number of anilines is 2. The van der Waals surface area contributed by atoms with E-state index in [1.165, 1.54) is 0 Å². The maximum atomic E-state index is 9.23. The summed E-state index contributed by atoms with van der Waals surface area (Å²) >= 11 is 0. The molecule has 0 amide bonds. The van der Waals surface area contributed by atoms with Gasteiger partial charge in [0.15, 0.2) is 0 Å². The molecule has 90 valence electrons. The van der Waals surface area contributed by atoms with Gasteiger partial charge in [0.05, 0.1) is 6.10 Å². The average Bonchev–Trinajstić information content (AvgIpc) is 2.26. The van der Waals surface area contributed by atoms with Gasteiger partial charge in [-0.25, -0.2) is 4.98 Å². The van der Waals surface area contributed by atoms with Crippen molar-refractivity contribution in [1.82, 2.24) is 4.98 Å². The highest BCUT2D eigenvalue weighted by molar-refractivity contribution is 5.46. The fourth-order valence-corrected chi connectivity index (χ4v) is 1.41. The van der Waals surface area contributed by atoms with Crippen molar-refractivity contribution in [2.24, 2.45) is 0 Å². The quantitative estimate of drug-likeness (QED) is 0.771. The molecule has 1 aromatic heterocycles. The molecule has 0 fully saturated rings. The van der Waals surface area contributed by atoms with Crippen LogP contribution in [0.4, 0.5) is 11.6 Å². The molecule has 4 heteroatoms. The molecule has 0 saturated heterocycles. The van der Waals surface area contributed by atoms with Crippen molar-refractivity contribution in [1.29, 1.82) is 0 Å². The molecule has 0 radical (unpaired) electrons. The minimum absolute atomic E-state index is 0.264. The van der Waals surface area contributed by atoms with E-state index in [1.807, 2.05) is 37.1 Å². The number of aliphatic hydroxyl groups excluding tert-OH is 1. The van der Waals surface area contributed by atoms with Gasteiger partial charge in [-0.05, 0) is 32.4 Å². The second-order valence-corrected chi connectivity index (χ2v) is 3.97. The van der Waals surface area contributed by atoms with Gasteiger partial charge < -0.3 is 15.3 Å². The minimum atomic E-state index is -0.264. The summed E-state index contributed by atoms with van der Waals surface area (Å²) in [6.45, 7) is 5.52. The third-order valence-corrected chi connectivity index (χ3v) is 2.37. The second-order valence-electron chi connectivity index (χ2n) is 3.97. The van der Waals surface area contributed by atoms with Crippen LogP contribution in [0.3, 0.4) is 0 Å². The lowest BCUT2D eigenvalue weighted by molar-refractivity contribution is 0.187. The Morgan fingerprint density at radius 1 is 1.50 bits per heavy atom. The Hall–Kier alpha value is -1.29. The van der Waals surface area contributed by atoms with Crippen LogP contribution >= 0.6 is 0 Å². The predicted molar refractivity (Wildman–Crippen MR) is 68.0 cm³/mol. The van der Waals surface area contributed by atoms with Crippen LogP contribution in [0.2, 0.25) is 0 Å². The van der Waals surface area contributed by atoms with Crippen LogP contribution in [-0.2, 0) is 0 Å². The molecule has 1 heterocycles. The lowest BCUT2D eigenvalue weighted by Gasteiger charge is -2.19. The van der Waals surface area contributed by atoms with Crippen molar-refractivity contribution in [3.63, 3.8) is 0 Å². The summed E-state index contributed by atoms with van der Waals surface area (Å²) < 4.78 is 0. The summed E-state index contributed by atoms with van der Waals surface area (Å²) in [5, 5.41) is 12.4. The molecular weight excluding hydrogens is 202 g/mol. The zero-order chi connectivity index (χ0) is 12.0. The number of hydrogen-bond donors (Lipinski definition) is 2. The molecule has 0 aliphatic carbocycles. The molecule has 16 heavy (non-hydrogen) atoms. The van der Waals surface area contributed by atoms with Gasteiger partial charge >= 0.3 is 0 Å². The molecule has 2 N–H and O–H groups in total. The van der Waals surface area contributed by atoms with Crippen molar-refractivity contribution in [3.8, 4) is 0 Å². The van der Waals surface area contributed by atoms with Crippen molar-refractivity contribution >= 4 is 11.6 Å². The van der Waals surface area contributed by atoms with Gasteiger partial charge in [0.1, 0.15) is 11.6 Å². The van der Waals surface area contributed by atoms with Crippen LogP contribution in [-0.4, -0.2) is 36.3 Å². The molecule has 0 bridgehead atoms. The third kappa shape index (κ3) is 4.06. The van der Waals surface area contributed by atoms with Gasteiger partial charge in [0.25, 0.3) is 0 Å². The van der Waals surface area contributed by atoms with Crippen LogP contribution in [0, 0.1) is 0 Å². The van der Waals surface area contributed by atoms with E-state index < -0.39 is 0 Å². The van der Waals surface area contributed by atoms with E-state index in [0.717, 1.165) is 31.1 Å².